The van der Waals surface area contributed by atoms with Crippen LogP contribution in [0.2, 0.25) is 0 Å². The van der Waals surface area contributed by atoms with E-state index in [9.17, 15) is 0 Å². The number of hydrogen-bond donors (Lipinski definition) is 0. The van der Waals surface area contributed by atoms with E-state index in [0.717, 1.165) is 30.0 Å². The number of hydrogen-bond acceptors (Lipinski definition) is 3. The minimum atomic E-state index is 0.437. The third kappa shape index (κ3) is 5.22. The van der Waals surface area contributed by atoms with Crippen molar-refractivity contribution in [2.24, 2.45) is 0 Å². The molecule has 0 saturated carbocycles. The third-order valence-electron chi connectivity index (χ3n) is 4.06. The molecule has 1 unspecified atom stereocenters. The molecule has 3 nitrogen and oxygen atoms in total. The number of para-hydroxylation sites is 1. The topological polar surface area (TPSA) is 25.4 Å². The number of pyridine rings is 1. The first kappa shape index (κ1) is 17.2. The van der Waals surface area contributed by atoms with Crippen molar-refractivity contribution in [3.8, 4) is 5.75 Å². The van der Waals surface area contributed by atoms with Gasteiger partial charge in [-0.3, -0.25) is 9.88 Å². The fourth-order valence-electron chi connectivity index (χ4n) is 2.50. The highest BCUT2D eigenvalue weighted by Gasteiger charge is 2.09. The number of benzene rings is 1. The average molecular weight is 310 g/mol. The molecular formula is C20H26N2O. The van der Waals surface area contributed by atoms with Crippen molar-refractivity contribution in [1.82, 2.24) is 9.88 Å². The van der Waals surface area contributed by atoms with Gasteiger partial charge in [-0.15, -0.1) is 0 Å². The molecular weight excluding hydrogens is 284 g/mol. The third-order valence-corrected chi connectivity index (χ3v) is 4.06. The highest BCUT2D eigenvalue weighted by molar-refractivity contribution is 5.57. The van der Waals surface area contributed by atoms with Crippen LogP contribution in [0.1, 0.15) is 23.7 Å². The quantitative estimate of drug-likeness (QED) is 0.773. The van der Waals surface area contributed by atoms with Crippen LogP contribution in [0.25, 0.3) is 6.08 Å². The predicted molar refractivity (Wildman–Crippen MR) is 96.8 cm³/mol. The number of ether oxygens (including phenoxy) is 1. The van der Waals surface area contributed by atoms with Crippen LogP contribution in [0.4, 0.5) is 0 Å². The minimum Gasteiger partial charge on any atom is -0.496 e. The normalized spacial score (nSPS) is 12.7. The standard InChI is InChI=1S/C20H26N2O/c1-16-11-12-21-19(14-16)15-17(2)22(3)13-7-9-18-8-5-6-10-20(18)23-4/h5-12,14,17H,13,15H2,1-4H3/b9-7+. The molecule has 2 aromatic rings. The van der Waals surface area contributed by atoms with E-state index in [1.165, 1.54) is 5.56 Å². The summed E-state index contributed by atoms with van der Waals surface area (Å²) in [4.78, 5) is 6.78. The van der Waals surface area contributed by atoms with Gasteiger partial charge in [0.2, 0.25) is 0 Å². The molecule has 3 heteroatoms. The summed E-state index contributed by atoms with van der Waals surface area (Å²) in [6.07, 6.45) is 7.14. The molecule has 0 amide bonds. The van der Waals surface area contributed by atoms with Gasteiger partial charge in [0.15, 0.2) is 0 Å². The van der Waals surface area contributed by atoms with E-state index in [2.05, 4.69) is 55.1 Å². The molecule has 1 atom stereocenters. The molecule has 1 heterocycles. The van der Waals surface area contributed by atoms with E-state index in [-0.39, 0.29) is 0 Å². The average Bonchev–Trinajstić information content (AvgIpc) is 2.55. The summed E-state index contributed by atoms with van der Waals surface area (Å²) in [5, 5.41) is 0. The van der Waals surface area contributed by atoms with Gasteiger partial charge in [-0.05, 0) is 44.7 Å². The first-order chi connectivity index (χ1) is 11.1. The number of nitrogens with zero attached hydrogens (tertiary/aromatic N) is 2. The van der Waals surface area contributed by atoms with E-state index in [1.54, 1.807) is 7.11 Å². The molecule has 0 N–H and O–H groups in total. The number of rotatable bonds is 7. The Morgan fingerprint density at radius 2 is 2.04 bits per heavy atom. The summed E-state index contributed by atoms with van der Waals surface area (Å²) in [7, 11) is 3.85. The van der Waals surface area contributed by atoms with Crippen molar-refractivity contribution in [2.45, 2.75) is 26.3 Å². The first-order valence-corrected chi connectivity index (χ1v) is 8.01. The monoisotopic (exact) mass is 310 g/mol. The van der Waals surface area contributed by atoms with Crippen LogP contribution in [0.3, 0.4) is 0 Å². The van der Waals surface area contributed by atoms with Crippen molar-refractivity contribution >= 4 is 6.08 Å². The summed E-state index contributed by atoms with van der Waals surface area (Å²) < 4.78 is 5.37. The molecule has 2 rings (SSSR count). The lowest BCUT2D eigenvalue weighted by Crippen LogP contribution is -2.31. The number of likely N-dealkylation sites (N-methyl/N-ethyl adjacent to an activating group) is 1. The van der Waals surface area contributed by atoms with E-state index in [4.69, 9.17) is 4.74 Å². The first-order valence-electron chi connectivity index (χ1n) is 8.01. The molecule has 0 saturated heterocycles. The van der Waals surface area contributed by atoms with Crippen LogP contribution in [0.5, 0.6) is 5.75 Å². The predicted octanol–water partition coefficient (Wildman–Crippen LogP) is 3.97. The fourth-order valence-corrected chi connectivity index (χ4v) is 2.50. The van der Waals surface area contributed by atoms with E-state index < -0.39 is 0 Å². The second kappa shape index (κ2) is 8.49. The van der Waals surface area contributed by atoms with Gasteiger partial charge in [-0.1, -0.05) is 30.4 Å². The molecule has 23 heavy (non-hydrogen) atoms. The van der Waals surface area contributed by atoms with Gasteiger partial charge in [0.25, 0.3) is 0 Å². The Morgan fingerprint density at radius 3 is 2.78 bits per heavy atom. The Morgan fingerprint density at radius 1 is 1.26 bits per heavy atom. The molecule has 0 fully saturated rings. The van der Waals surface area contributed by atoms with E-state index in [1.807, 2.05) is 30.5 Å². The SMILES string of the molecule is COc1ccccc1/C=C/CN(C)C(C)Cc1cc(C)ccn1. The summed E-state index contributed by atoms with van der Waals surface area (Å²) in [6.45, 7) is 5.24. The molecule has 0 aliphatic heterocycles. The Hall–Kier alpha value is -2.13. The van der Waals surface area contributed by atoms with Crippen molar-refractivity contribution in [1.29, 1.82) is 0 Å². The van der Waals surface area contributed by atoms with Gasteiger partial charge >= 0.3 is 0 Å². The molecule has 0 spiro atoms. The summed E-state index contributed by atoms with van der Waals surface area (Å²) in [6, 6.07) is 12.7. The van der Waals surface area contributed by atoms with Crippen molar-refractivity contribution < 1.29 is 4.74 Å². The summed E-state index contributed by atoms with van der Waals surface area (Å²) in [5.74, 6) is 0.906. The largest absolute Gasteiger partial charge is 0.496 e. The minimum absolute atomic E-state index is 0.437. The smallest absolute Gasteiger partial charge is 0.126 e. The van der Waals surface area contributed by atoms with Gasteiger partial charge in [-0.25, -0.2) is 0 Å². The zero-order valence-electron chi connectivity index (χ0n) is 14.5. The highest BCUT2D eigenvalue weighted by Crippen LogP contribution is 2.18. The van der Waals surface area contributed by atoms with Crippen LogP contribution >= 0.6 is 0 Å². The van der Waals surface area contributed by atoms with Gasteiger partial charge < -0.3 is 4.74 Å². The lowest BCUT2D eigenvalue weighted by atomic mass is 10.1. The van der Waals surface area contributed by atoms with Crippen molar-refractivity contribution in [2.75, 3.05) is 20.7 Å². The second-order valence-electron chi connectivity index (χ2n) is 5.96. The second-order valence-corrected chi connectivity index (χ2v) is 5.96. The van der Waals surface area contributed by atoms with Gasteiger partial charge in [0.1, 0.15) is 5.75 Å². The maximum atomic E-state index is 5.37. The van der Waals surface area contributed by atoms with Crippen LogP contribution in [0.15, 0.2) is 48.7 Å². The van der Waals surface area contributed by atoms with E-state index >= 15 is 0 Å². The van der Waals surface area contributed by atoms with Crippen LogP contribution in [-0.2, 0) is 6.42 Å². The van der Waals surface area contributed by atoms with Crippen LogP contribution < -0.4 is 4.74 Å². The highest BCUT2D eigenvalue weighted by atomic mass is 16.5. The summed E-state index contributed by atoms with van der Waals surface area (Å²) in [5.41, 5.74) is 3.52. The number of aromatic nitrogens is 1. The zero-order valence-corrected chi connectivity index (χ0v) is 14.5. The molecule has 0 bridgehead atoms. The van der Waals surface area contributed by atoms with Gasteiger partial charge in [0.05, 0.1) is 7.11 Å². The maximum absolute atomic E-state index is 5.37. The summed E-state index contributed by atoms with van der Waals surface area (Å²) >= 11 is 0. The Kier molecular flexibility index (Phi) is 6.36. The number of aryl methyl sites for hydroxylation is 1. The Bertz CT molecular complexity index is 652. The van der Waals surface area contributed by atoms with Crippen molar-refractivity contribution in [3.63, 3.8) is 0 Å². The molecule has 0 radical (unpaired) electrons. The molecule has 1 aromatic carbocycles. The lowest BCUT2D eigenvalue weighted by molar-refractivity contribution is 0.281. The molecule has 0 aliphatic rings. The maximum Gasteiger partial charge on any atom is 0.126 e. The van der Waals surface area contributed by atoms with Gasteiger partial charge in [-0.2, -0.15) is 0 Å². The fraction of sp³-hybridized carbons (Fsp3) is 0.350. The van der Waals surface area contributed by atoms with Crippen molar-refractivity contribution in [3.05, 3.63) is 65.5 Å². The number of methoxy groups -OCH3 is 1. The zero-order chi connectivity index (χ0) is 16.7. The van der Waals surface area contributed by atoms with Crippen LogP contribution in [0, 0.1) is 6.92 Å². The Labute approximate surface area is 139 Å². The molecule has 0 aliphatic carbocycles. The molecule has 122 valence electrons. The Balaban J connectivity index is 1.91. The van der Waals surface area contributed by atoms with E-state index in [0.29, 0.717) is 6.04 Å². The van der Waals surface area contributed by atoms with Crippen LogP contribution in [-0.4, -0.2) is 36.6 Å². The molecule has 1 aromatic heterocycles. The van der Waals surface area contributed by atoms with Gasteiger partial charge in [0, 0.05) is 36.5 Å². The lowest BCUT2D eigenvalue weighted by Gasteiger charge is -2.23.